The van der Waals surface area contributed by atoms with E-state index in [4.69, 9.17) is 8.83 Å². The molecule has 0 aliphatic carbocycles. The Bertz CT molecular complexity index is 3480. The van der Waals surface area contributed by atoms with Crippen molar-refractivity contribution in [2.75, 3.05) is 4.90 Å². The first-order valence-corrected chi connectivity index (χ1v) is 19.7. The molecule has 12 rings (SSSR count). The fourth-order valence-electron chi connectivity index (χ4n) is 8.86. The van der Waals surface area contributed by atoms with Crippen molar-refractivity contribution in [1.82, 2.24) is 4.57 Å². The molecule has 0 spiro atoms. The lowest BCUT2D eigenvalue weighted by Gasteiger charge is -2.26. The van der Waals surface area contributed by atoms with Gasteiger partial charge >= 0.3 is 0 Å². The highest BCUT2D eigenvalue weighted by Crippen LogP contribution is 2.41. The lowest BCUT2D eigenvalue weighted by Crippen LogP contribution is -2.10. The molecule has 0 amide bonds. The van der Waals surface area contributed by atoms with E-state index in [1.54, 1.807) is 0 Å². The monoisotopic (exact) mass is 742 g/mol. The normalized spacial score (nSPS) is 11.8. The van der Waals surface area contributed by atoms with Crippen LogP contribution in [0.15, 0.2) is 215 Å². The molecule has 4 nitrogen and oxygen atoms in total. The van der Waals surface area contributed by atoms with Crippen molar-refractivity contribution in [2.24, 2.45) is 0 Å². The van der Waals surface area contributed by atoms with Crippen LogP contribution < -0.4 is 4.90 Å². The molecule has 0 N–H and O–H groups in total. The summed E-state index contributed by atoms with van der Waals surface area (Å²) in [6, 6.07) is 73.4. The molecular formula is C54H34N2O2. The van der Waals surface area contributed by atoms with Crippen molar-refractivity contribution in [3.8, 4) is 27.9 Å². The summed E-state index contributed by atoms with van der Waals surface area (Å²) in [6.07, 6.45) is 0. The third-order valence-corrected chi connectivity index (χ3v) is 11.6. The first-order chi connectivity index (χ1) is 28.7. The molecule has 3 aromatic heterocycles. The van der Waals surface area contributed by atoms with Crippen LogP contribution in [0.5, 0.6) is 0 Å². The zero-order chi connectivity index (χ0) is 38.2. The van der Waals surface area contributed by atoms with Crippen LogP contribution in [0.1, 0.15) is 0 Å². The van der Waals surface area contributed by atoms with E-state index in [-0.39, 0.29) is 0 Å². The Balaban J connectivity index is 0.981. The lowest BCUT2D eigenvalue weighted by atomic mass is 10.0. The number of fused-ring (bicyclic) bond motifs is 9. The summed E-state index contributed by atoms with van der Waals surface area (Å²) in [5.41, 5.74) is 14.8. The second-order valence-corrected chi connectivity index (χ2v) is 14.9. The minimum Gasteiger partial charge on any atom is -0.456 e. The van der Waals surface area contributed by atoms with Crippen molar-refractivity contribution in [1.29, 1.82) is 0 Å². The molecule has 9 aromatic carbocycles. The van der Waals surface area contributed by atoms with Gasteiger partial charge in [-0.1, -0.05) is 115 Å². The predicted octanol–water partition coefficient (Wildman–Crippen LogP) is 15.4. The molecule has 0 bridgehead atoms. The molecule has 0 atom stereocenters. The van der Waals surface area contributed by atoms with E-state index >= 15 is 0 Å². The Kier molecular flexibility index (Phi) is 7.20. The first kappa shape index (κ1) is 32.4. The van der Waals surface area contributed by atoms with Gasteiger partial charge in [-0.05, 0) is 113 Å². The quantitative estimate of drug-likeness (QED) is 0.170. The van der Waals surface area contributed by atoms with Crippen LogP contribution in [0, 0.1) is 0 Å². The summed E-state index contributed by atoms with van der Waals surface area (Å²) in [5.74, 6) is 0. The minimum atomic E-state index is 0.873. The zero-order valence-electron chi connectivity index (χ0n) is 31.3. The summed E-state index contributed by atoms with van der Waals surface area (Å²) < 4.78 is 14.8. The van der Waals surface area contributed by atoms with Gasteiger partial charge in [0, 0.05) is 55.1 Å². The number of nitrogens with zero attached hydrogens (tertiary/aromatic N) is 2. The van der Waals surface area contributed by atoms with Crippen LogP contribution in [0.2, 0.25) is 0 Å². The van der Waals surface area contributed by atoms with Crippen molar-refractivity contribution in [3.05, 3.63) is 206 Å². The standard InChI is InChI=1S/C54H34N2O2/c1-5-19-49-43(15-1)44-16-2-6-20-50(44)56(49)41-14-10-12-37(32-41)36-11-9-13-40(31-36)55(42-28-30-54-48(34-42)46-18-4-8-22-52(46)58-54)39-26-23-35(24-27-39)38-25-29-53-47(33-38)45-17-3-7-21-51(45)57-53/h1-34H. The fourth-order valence-corrected chi connectivity index (χ4v) is 8.86. The van der Waals surface area contributed by atoms with Crippen molar-refractivity contribution >= 4 is 82.7 Å². The van der Waals surface area contributed by atoms with Crippen molar-refractivity contribution in [3.63, 3.8) is 0 Å². The molecule has 0 saturated heterocycles. The molecule has 0 unspecified atom stereocenters. The van der Waals surface area contributed by atoms with Crippen LogP contribution in [-0.2, 0) is 0 Å². The SMILES string of the molecule is c1cc(-c2cccc(-n3c4ccccc4c4ccccc43)c2)cc(N(c2ccc(-c3ccc4oc5ccccc5c4c3)cc2)c2ccc3oc4ccccc4c3c2)c1. The second-order valence-electron chi connectivity index (χ2n) is 14.9. The maximum atomic E-state index is 6.26. The highest BCUT2D eigenvalue weighted by Gasteiger charge is 2.18. The van der Waals surface area contributed by atoms with Crippen molar-refractivity contribution < 1.29 is 8.83 Å². The first-order valence-electron chi connectivity index (χ1n) is 19.7. The number of hydrogen-bond donors (Lipinski definition) is 0. The van der Waals surface area contributed by atoms with Gasteiger partial charge in [-0.2, -0.15) is 0 Å². The van der Waals surface area contributed by atoms with E-state index in [1.807, 2.05) is 24.3 Å². The Morgan fingerprint density at radius 1 is 0.293 bits per heavy atom. The number of para-hydroxylation sites is 4. The van der Waals surface area contributed by atoms with Crippen LogP contribution in [0.4, 0.5) is 17.1 Å². The van der Waals surface area contributed by atoms with Gasteiger partial charge in [0.15, 0.2) is 0 Å². The Morgan fingerprint density at radius 3 is 1.47 bits per heavy atom. The highest BCUT2D eigenvalue weighted by molar-refractivity contribution is 6.10. The maximum absolute atomic E-state index is 6.26. The molecule has 0 radical (unpaired) electrons. The van der Waals surface area contributed by atoms with Crippen LogP contribution >= 0.6 is 0 Å². The largest absolute Gasteiger partial charge is 0.456 e. The van der Waals surface area contributed by atoms with Crippen LogP contribution in [-0.4, -0.2) is 4.57 Å². The molecule has 12 aromatic rings. The number of aromatic nitrogens is 1. The van der Waals surface area contributed by atoms with E-state index in [9.17, 15) is 0 Å². The van der Waals surface area contributed by atoms with Gasteiger partial charge in [0.25, 0.3) is 0 Å². The van der Waals surface area contributed by atoms with Gasteiger partial charge in [0.05, 0.1) is 11.0 Å². The third kappa shape index (κ3) is 5.16. The van der Waals surface area contributed by atoms with E-state index < -0.39 is 0 Å². The Morgan fingerprint density at radius 2 is 0.776 bits per heavy atom. The molecule has 58 heavy (non-hydrogen) atoms. The van der Waals surface area contributed by atoms with Crippen LogP contribution in [0.3, 0.4) is 0 Å². The summed E-state index contributed by atoms with van der Waals surface area (Å²) in [6.45, 7) is 0. The molecule has 0 fully saturated rings. The average molecular weight is 743 g/mol. The van der Waals surface area contributed by atoms with Gasteiger partial charge in [0.1, 0.15) is 22.3 Å². The van der Waals surface area contributed by atoms with Gasteiger partial charge in [-0.25, -0.2) is 0 Å². The van der Waals surface area contributed by atoms with E-state index in [0.717, 1.165) is 88.9 Å². The van der Waals surface area contributed by atoms with Gasteiger partial charge in [-0.3, -0.25) is 0 Å². The summed E-state index contributed by atoms with van der Waals surface area (Å²) in [5, 5.41) is 6.95. The van der Waals surface area contributed by atoms with E-state index in [1.165, 1.54) is 21.8 Å². The number of furan rings is 2. The molecule has 272 valence electrons. The molecule has 0 aliphatic rings. The molecule has 0 saturated carbocycles. The topological polar surface area (TPSA) is 34.5 Å². The van der Waals surface area contributed by atoms with E-state index in [0.29, 0.717) is 0 Å². The van der Waals surface area contributed by atoms with Gasteiger partial charge < -0.3 is 18.3 Å². The molecule has 4 heteroatoms. The lowest BCUT2D eigenvalue weighted by molar-refractivity contribution is 0.668. The highest BCUT2D eigenvalue weighted by atomic mass is 16.3. The summed E-state index contributed by atoms with van der Waals surface area (Å²) in [7, 11) is 0. The number of benzene rings is 9. The Hall–Kier alpha value is -7.82. The van der Waals surface area contributed by atoms with Crippen LogP contribution in [0.25, 0.3) is 93.6 Å². The second kappa shape index (κ2) is 12.9. The predicted molar refractivity (Wildman–Crippen MR) is 241 cm³/mol. The molecule has 3 heterocycles. The minimum absolute atomic E-state index is 0.873. The van der Waals surface area contributed by atoms with E-state index in [2.05, 4.69) is 191 Å². The summed E-state index contributed by atoms with van der Waals surface area (Å²) >= 11 is 0. The molecule has 0 aliphatic heterocycles. The number of anilines is 3. The zero-order valence-corrected chi connectivity index (χ0v) is 31.3. The number of rotatable bonds is 6. The maximum Gasteiger partial charge on any atom is 0.135 e. The van der Waals surface area contributed by atoms with Crippen molar-refractivity contribution in [2.45, 2.75) is 0 Å². The summed E-state index contributed by atoms with van der Waals surface area (Å²) in [4.78, 5) is 2.35. The van der Waals surface area contributed by atoms with Gasteiger partial charge in [0.2, 0.25) is 0 Å². The smallest absolute Gasteiger partial charge is 0.135 e. The fraction of sp³-hybridized carbons (Fsp3) is 0. The number of hydrogen-bond acceptors (Lipinski definition) is 3. The molecular weight excluding hydrogens is 709 g/mol. The average Bonchev–Trinajstić information content (AvgIpc) is 3.96. The third-order valence-electron chi connectivity index (χ3n) is 11.6. The Labute approximate surface area is 334 Å². The van der Waals surface area contributed by atoms with Gasteiger partial charge in [-0.15, -0.1) is 0 Å².